The normalized spacial score (nSPS) is 12.6. The molecule has 0 atom stereocenters. The fraction of sp³-hybridized carbons (Fsp3) is 0.205. The average Bonchev–Trinajstić information content (AvgIpc) is 1.66. The van der Waals surface area contributed by atoms with E-state index in [-0.39, 0.29) is 21.7 Å². The van der Waals surface area contributed by atoms with Gasteiger partial charge in [0.25, 0.3) is 0 Å². The summed E-state index contributed by atoms with van der Waals surface area (Å²) in [5.74, 6) is 4.94. The molecular formula is C78H71N7O2. The van der Waals surface area contributed by atoms with E-state index in [4.69, 9.17) is 29.4 Å². The van der Waals surface area contributed by atoms with Crippen LogP contribution in [0.1, 0.15) is 105 Å². The number of fused-ring (bicyclic) bond motifs is 9. The molecule has 0 aliphatic rings. The lowest BCUT2D eigenvalue weighted by Crippen LogP contribution is -2.16. The highest BCUT2D eigenvalue weighted by Gasteiger charge is 2.28. The van der Waals surface area contributed by atoms with Crippen molar-refractivity contribution in [2.45, 2.75) is 105 Å². The molecule has 14 rings (SSSR count). The van der Waals surface area contributed by atoms with Crippen molar-refractivity contribution >= 4 is 65.4 Å². The van der Waals surface area contributed by atoms with E-state index in [1.165, 1.54) is 22.3 Å². The summed E-state index contributed by atoms with van der Waals surface area (Å²) in [5, 5.41) is 6.54. The number of aromatic nitrogens is 7. The van der Waals surface area contributed by atoms with Crippen molar-refractivity contribution in [3.05, 3.63) is 235 Å². The summed E-state index contributed by atoms with van der Waals surface area (Å²) in [4.78, 5) is 19.7. The molecule has 8 aromatic carbocycles. The van der Waals surface area contributed by atoms with Crippen molar-refractivity contribution in [1.29, 1.82) is 0 Å². The van der Waals surface area contributed by atoms with Crippen LogP contribution < -0.4 is 9.47 Å². The molecule has 0 amide bonds. The van der Waals surface area contributed by atoms with E-state index in [0.717, 1.165) is 99.3 Å². The van der Waals surface area contributed by atoms with Crippen LogP contribution in [0.25, 0.3) is 105 Å². The molecule has 0 aliphatic heterocycles. The lowest BCUT2D eigenvalue weighted by Gasteiger charge is -2.27. The minimum Gasteiger partial charge on any atom is -0.457 e. The van der Waals surface area contributed by atoms with Crippen LogP contribution >= 0.6 is 0 Å². The van der Waals surface area contributed by atoms with Gasteiger partial charge in [-0.2, -0.15) is 0 Å². The first-order valence-corrected chi connectivity index (χ1v) is 30.2. The second kappa shape index (κ2) is 20.4. The average molecular weight is 1140 g/mol. The third-order valence-electron chi connectivity index (χ3n) is 17.2. The zero-order valence-corrected chi connectivity index (χ0v) is 51.7. The Morgan fingerprint density at radius 3 is 1.02 bits per heavy atom. The molecule has 14 aromatic rings. The highest BCUT2D eigenvalue weighted by atomic mass is 16.5. The highest BCUT2D eigenvalue weighted by molar-refractivity contribution is 6.14. The van der Waals surface area contributed by atoms with Crippen LogP contribution in [-0.2, 0) is 21.7 Å². The Morgan fingerprint density at radius 2 is 0.644 bits per heavy atom. The monoisotopic (exact) mass is 1140 g/mol. The number of benzene rings is 8. The predicted molar refractivity (Wildman–Crippen MR) is 359 cm³/mol. The molecule has 0 N–H and O–H groups in total. The van der Waals surface area contributed by atoms with Crippen LogP contribution in [0.2, 0.25) is 0 Å². The lowest BCUT2D eigenvalue weighted by molar-refractivity contribution is 0.485. The molecule has 0 fully saturated rings. The van der Waals surface area contributed by atoms with Crippen LogP contribution in [0.3, 0.4) is 0 Å². The zero-order valence-electron chi connectivity index (χ0n) is 51.7. The van der Waals surface area contributed by atoms with Gasteiger partial charge in [0.1, 0.15) is 34.6 Å². The smallest absolute Gasteiger partial charge is 0.234 e. The number of ether oxygens (including phenoxy) is 2. The summed E-state index contributed by atoms with van der Waals surface area (Å²) in [6, 6.07) is 67.1. The van der Waals surface area contributed by atoms with Crippen molar-refractivity contribution in [2.75, 3.05) is 0 Å². The fourth-order valence-corrected chi connectivity index (χ4v) is 12.4. The number of para-hydroxylation sites is 2. The van der Waals surface area contributed by atoms with Gasteiger partial charge >= 0.3 is 0 Å². The molecule has 430 valence electrons. The summed E-state index contributed by atoms with van der Waals surface area (Å²) in [6.07, 6.45) is 7.31. The van der Waals surface area contributed by atoms with E-state index in [1.54, 1.807) is 12.4 Å². The Labute approximate surface area is 508 Å². The molecule has 9 heteroatoms. The van der Waals surface area contributed by atoms with Gasteiger partial charge < -0.3 is 9.47 Å². The zero-order chi connectivity index (χ0) is 60.3. The summed E-state index contributed by atoms with van der Waals surface area (Å²) >= 11 is 0. The number of pyridine rings is 2. The van der Waals surface area contributed by atoms with E-state index in [2.05, 4.69) is 255 Å². The molecule has 9 nitrogen and oxygen atoms in total. The largest absolute Gasteiger partial charge is 0.457 e. The van der Waals surface area contributed by atoms with Crippen molar-refractivity contribution < 1.29 is 9.47 Å². The molecule has 0 bridgehead atoms. The molecule has 0 saturated carbocycles. The Kier molecular flexibility index (Phi) is 12.9. The molecule has 0 saturated heterocycles. The van der Waals surface area contributed by atoms with Gasteiger partial charge in [0.05, 0.1) is 33.1 Å². The van der Waals surface area contributed by atoms with Gasteiger partial charge in [0.2, 0.25) is 5.95 Å². The van der Waals surface area contributed by atoms with E-state index in [1.807, 2.05) is 42.7 Å². The SMILES string of the molecule is CC(C)(C)c1cc(-c2cc3c4cc(-c5cc(C(C)(C)C)cc(C(C)(C)C)c5)c(Oc5ccc6c7ccccc7n(-c7ccccn7)c6c5)cc4n(-c4ncccn4)c3cc2Oc2ccc3c4ccccc4n(-c4ccccn4)c3c2)cc(C(C)(C)C)c1. The van der Waals surface area contributed by atoms with Gasteiger partial charge in [-0.05, 0) is 134 Å². The van der Waals surface area contributed by atoms with Crippen molar-refractivity contribution in [1.82, 2.24) is 33.6 Å². The second-order valence-corrected chi connectivity index (χ2v) is 27.4. The fourth-order valence-electron chi connectivity index (χ4n) is 12.4. The molecular weight excluding hydrogens is 1070 g/mol. The maximum absolute atomic E-state index is 7.47. The molecule has 0 spiro atoms. The number of hydrogen-bond acceptors (Lipinski definition) is 6. The highest BCUT2D eigenvalue weighted by Crippen LogP contribution is 2.49. The molecule has 0 aliphatic carbocycles. The van der Waals surface area contributed by atoms with Gasteiger partial charge in [0.15, 0.2) is 0 Å². The molecule has 0 unspecified atom stereocenters. The van der Waals surface area contributed by atoms with Gasteiger partial charge in [0, 0.05) is 92.5 Å². The van der Waals surface area contributed by atoms with E-state index in [0.29, 0.717) is 28.9 Å². The number of nitrogens with zero attached hydrogens (tertiary/aromatic N) is 7. The second-order valence-electron chi connectivity index (χ2n) is 27.4. The Bertz CT molecular complexity index is 4650. The van der Waals surface area contributed by atoms with Crippen LogP contribution in [0.5, 0.6) is 23.0 Å². The van der Waals surface area contributed by atoms with Crippen LogP contribution in [0.4, 0.5) is 0 Å². The van der Waals surface area contributed by atoms with E-state index >= 15 is 0 Å². The maximum atomic E-state index is 7.47. The topological polar surface area (TPSA) is 84.8 Å². The van der Waals surface area contributed by atoms with Crippen molar-refractivity contribution in [2.24, 2.45) is 0 Å². The van der Waals surface area contributed by atoms with Gasteiger partial charge in [-0.1, -0.05) is 168 Å². The van der Waals surface area contributed by atoms with E-state index in [9.17, 15) is 0 Å². The van der Waals surface area contributed by atoms with Crippen molar-refractivity contribution in [3.8, 4) is 62.8 Å². The van der Waals surface area contributed by atoms with Gasteiger partial charge in [-0.15, -0.1) is 0 Å². The summed E-state index contributed by atoms with van der Waals surface area (Å²) in [6.45, 7) is 27.5. The van der Waals surface area contributed by atoms with Gasteiger partial charge in [-0.25, -0.2) is 19.9 Å². The first kappa shape index (κ1) is 55.0. The predicted octanol–water partition coefficient (Wildman–Crippen LogP) is 20.7. The Morgan fingerprint density at radius 1 is 0.287 bits per heavy atom. The lowest BCUT2D eigenvalue weighted by atomic mass is 9.78. The third-order valence-corrected chi connectivity index (χ3v) is 17.2. The van der Waals surface area contributed by atoms with Crippen LogP contribution in [-0.4, -0.2) is 33.6 Å². The minimum atomic E-state index is -0.149. The van der Waals surface area contributed by atoms with Crippen molar-refractivity contribution in [3.63, 3.8) is 0 Å². The molecule has 6 aromatic heterocycles. The first-order valence-electron chi connectivity index (χ1n) is 30.2. The molecule has 6 heterocycles. The minimum absolute atomic E-state index is 0.149. The summed E-state index contributed by atoms with van der Waals surface area (Å²) in [7, 11) is 0. The third kappa shape index (κ3) is 9.85. The quantitative estimate of drug-likeness (QED) is 0.143. The first-order chi connectivity index (χ1) is 41.6. The maximum Gasteiger partial charge on any atom is 0.234 e. The van der Waals surface area contributed by atoms with Crippen LogP contribution in [0.15, 0.2) is 213 Å². The summed E-state index contributed by atoms with van der Waals surface area (Å²) < 4.78 is 21.6. The van der Waals surface area contributed by atoms with E-state index < -0.39 is 0 Å². The number of hydrogen-bond donors (Lipinski definition) is 0. The molecule has 87 heavy (non-hydrogen) atoms. The Balaban J connectivity index is 1.06. The standard InChI is InChI=1S/C78H71N7O2/c1-75(2,3)50-36-48(37-51(40-50)76(4,5)6)60-44-62-63-45-61(49-38-52(77(7,8)9)41-53(39-49)78(10,11)12)71(87-55-29-31-59-57-23-14-16-25-65(57)84(67(59)43-55)73-27-18-20-33-80-73)47-69(63)85(74-81-34-21-35-82-74)68(62)46-70(60)86-54-28-30-58-56-22-13-15-24-64(56)83(66(58)42-54)72-26-17-19-32-79-72/h13-47H,1-12H3. The molecule has 0 radical (unpaired) electrons. The Hall–Kier alpha value is -9.86. The van der Waals surface area contributed by atoms with Gasteiger partial charge in [-0.3, -0.25) is 13.7 Å². The number of rotatable bonds is 9. The summed E-state index contributed by atoms with van der Waals surface area (Å²) in [5.41, 5.74) is 14.3. The van der Waals surface area contributed by atoms with Crippen LogP contribution in [0, 0.1) is 0 Å².